The number of nitrogens with one attached hydrogen (secondary N) is 1. The summed E-state index contributed by atoms with van der Waals surface area (Å²) in [5.74, 6) is 0.308. The number of carbonyl (C=O) groups excluding carboxylic acids is 1. The Labute approximate surface area is 164 Å². The molecule has 2 aromatic heterocycles. The second-order valence-electron chi connectivity index (χ2n) is 7.06. The number of hydrogen-bond donors (Lipinski definition) is 1. The lowest BCUT2D eigenvalue weighted by Gasteiger charge is -2.34. The minimum absolute atomic E-state index is 0.0452. The van der Waals surface area contributed by atoms with Crippen molar-refractivity contribution >= 4 is 11.6 Å². The number of hydrogen-bond acceptors (Lipinski definition) is 6. The van der Waals surface area contributed by atoms with Crippen LogP contribution in [0.4, 0.5) is 5.69 Å². The average molecular weight is 385 g/mol. The van der Waals surface area contributed by atoms with Gasteiger partial charge in [-0.05, 0) is 30.4 Å². The summed E-state index contributed by atoms with van der Waals surface area (Å²) < 4.78 is 6.40. The predicted molar refractivity (Wildman–Crippen MR) is 106 cm³/mol. The molecular weight excluding hydrogens is 358 g/mol. The Morgan fingerprint density at radius 1 is 1.39 bits per heavy atom. The molecule has 1 unspecified atom stereocenters. The van der Waals surface area contributed by atoms with Crippen molar-refractivity contribution in [1.82, 2.24) is 20.1 Å². The van der Waals surface area contributed by atoms with E-state index in [1.807, 2.05) is 12.1 Å². The van der Waals surface area contributed by atoms with Crippen LogP contribution in [0.1, 0.15) is 24.8 Å². The van der Waals surface area contributed by atoms with Crippen molar-refractivity contribution in [1.29, 1.82) is 0 Å². The van der Waals surface area contributed by atoms with Crippen molar-refractivity contribution in [2.75, 3.05) is 31.7 Å². The number of ether oxygens (including phenoxy) is 1. The first-order chi connectivity index (χ1) is 13.7. The van der Waals surface area contributed by atoms with Crippen LogP contribution in [-0.2, 0) is 22.6 Å². The molecule has 1 amide bonds. The number of amides is 1. The molecule has 8 nitrogen and oxygen atoms in total. The summed E-state index contributed by atoms with van der Waals surface area (Å²) >= 11 is 0. The third-order valence-corrected chi connectivity index (χ3v) is 4.93. The van der Waals surface area contributed by atoms with Gasteiger partial charge in [0.15, 0.2) is 0 Å². The van der Waals surface area contributed by atoms with E-state index >= 15 is 0 Å². The Kier molecular flexibility index (Phi) is 7.13. The highest BCUT2D eigenvalue weighted by atomic mass is 16.5. The molecule has 3 rings (SSSR count). The maximum Gasteiger partial charge on any atom is 0.268 e. The third-order valence-electron chi connectivity index (χ3n) is 4.93. The number of pyridine rings is 1. The molecule has 0 radical (unpaired) electrons. The zero-order valence-electron chi connectivity index (χ0n) is 16.2. The van der Waals surface area contributed by atoms with Gasteiger partial charge < -0.3 is 15.0 Å². The highest BCUT2D eigenvalue weighted by Crippen LogP contribution is 2.23. The molecule has 0 spiro atoms. The van der Waals surface area contributed by atoms with Gasteiger partial charge in [-0.1, -0.05) is 6.07 Å². The fourth-order valence-electron chi connectivity index (χ4n) is 3.45. The number of nitrogens with zero attached hydrogens (tertiary/aromatic N) is 4. The van der Waals surface area contributed by atoms with Crippen LogP contribution in [0.15, 0.2) is 41.6 Å². The molecule has 1 aliphatic rings. The molecular formula is C20H27N5O3. The van der Waals surface area contributed by atoms with E-state index in [1.165, 1.54) is 4.68 Å². The maximum atomic E-state index is 12.3. The lowest BCUT2D eigenvalue weighted by molar-refractivity contribution is -0.122. The van der Waals surface area contributed by atoms with E-state index in [-0.39, 0.29) is 17.4 Å². The van der Waals surface area contributed by atoms with Gasteiger partial charge in [-0.25, -0.2) is 4.68 Å². The Hall–Kier alpha value is -2.74. The van der Waals surface area contributed by atoms with E-state index in [1.54, 1.807) is 31.8 Å². The van der Waals surface area contributed by atoms with Gasteiger partial charge in [-0.3, -0.25) is 14.6 Å². The smallest absolute Gasteiger partial charge is 0.268 e. The van der Waals surface area contributed by atoms with Gasteiger partial charge >= 0.3 is 0 Å². The van der Waals surface area contributed by atoms with Gasteiger partial charge in [0.2, 0.25) is 5.91 Å². The Morgan fingerprint density at radius 2 is 2.29 bits per heavy atom. The summed E-state index contributed by atoms with van der Waals surface area (Å²) in [6.45, 7) is 3.01. The van der Waals surface area contributed by atoms with Crippen LogP contribution in [-0.4, -0.2) is 47.5 Å². The summed E-state index contributed by atoms with van der Waals surface area (Å²) in [5.41, 5.74) is 1.67. The Balaban J connectivity index is 1.53. The zero-order chi connectivity index (χ0) is 19.8. The average Bonchev–Trinajstić information content (AvgIpc) is 2.72. The van der Waals surface area contributed by atoms with Gasteiger partial charge in [0.05, 0.1) is 25.0 Å². The SMILES string of the molecule is COCCn1ncc(N2CCCC(CC(=O)NCc3cccnc3)C2)cc1=O. The molecule has 1 N–H and O–H groups in total. The molecule has 3 heterocycles. The van der Waals surface area contributed by atoms with E-state index in [0.717, 1.165) is 37.2 Å². The molecule has 0 saturated carbocycles. The molecule has 1 fully saturated rings. The van der Waals surface area contributed by atoms with E-state index in [4.69, 9.17) is 4.74 Å². The van der Waals surface area contributed by atoms with Gasteiger partial charge in [-0.2, -0.15) is 5.10 Å². The summed E-state index contributed by atoms with van der Waals surface area (Å²) in [6.07, 6.45) is 7.68. The number of methoxy groups -OCH3 is 1. The van der Waals surface area contributed by atoms with Crippen LogP contribution in [0.3, 0.4) is 0 Å². The largest absolute Gasteiger partial charge is 0.383 e. The summed E-state index contributed by atoms with van der Waals surface area (Å²) in [5, 5.41) is 7.20. The lowest BCUT2D eigenvalue weighted by atomic mass is 9.94. The Morgan fingerprint density at radius 3 is 3.04 bits per heavy atom. The first-order valence-corrected chi connectivity index (χ1v) is 9.62. The molecule has 1 aliphatic heterocycles. The minimum atomic E-state index is -0.133. The summed E-state index contributed by atoms with van der Waals surface area (Å²) in [4.78, 5) is 30.7. The Bertz CT molecular complexity index is 824. The van der Waals surface area contributed by atoms with Crippen molar-refractivity contribution in [3.8, 4) is 0 Å². The first kappa shape index (κ1) is 20.0. The van der Waals surface area contributed by atoms with Crippen molar-refractivity contribution in [2.45, 2.75) is 32.4 Å². The highest BCUT2D eigenvalue weighted by molar-refractivity contribution is 5.76. The fourth-order valence-corrected chi connectivity index (χ4v) is 3.45. The van der Waals surface area contributed by atoms with E-state index < -0.39 is 0 Å². The quantitative estimate of drug-likeness (QED) is 0.735. The fraction of sp³-hybridized carbons (Fsp3) is 0.500. The number of anilines is 1. The highest BCUT2D eigenvalue weighted by Gasteiger charge is 2.23. The van der Waals surface area contributed by atoms with Gasteiger partial charge in [0.1, 0.15) is 0 Å². The van der Waals surface area contributed by atoms with Gasteiger partial charge in [0.25, 0.3) is 5.56 Å². The predicted octanol–water partition coefficient (Wildman–Crippen LogP) is 1.21. The molecule has 1 saturated heterocycles. The van der Waals surface area contributed by atoms with Crippen LogP contribution in [0.2, 0.25) is 0 Å². The molecule has 0 bridgehead atoms. The number of carbonyl (C=O) groups is 1. The topological polar surface area (TPSA) is 89.3 Å². The second kappa shape index (κ2) is 9.98. The van der Waals surface area contributed by atoms with Crippen LogP contribution in [0.25, 0.3) is 0 Å². The zero-order valence-corrected chi connectivity index (χ0v) is 16.2. The van der Waals surface area contributed by atoms with Crippen molar-refractivity contribution in [2.24, 2.45) is 5.92 Å². The first-order valence-electron chi connectivity index (χ1n) is 9.62. The van der Waals surface area contributed by atoms with Crippen molar-refractivity contribution in [3.05, 3.63) is 52.7 Å². The molecule has 2 aromatic rings. The monoisotopic (exact) mass is 385 g/mol. The number of piperidine rings is 1. The maximum absolute atomic E-state index is 12.3. The molecule has 28 heavy (non-hydrogen) atoms. The van der Waals surface area contributed by atoms with Gasteiger partial charge in [0, 0.05) is 51.6 Å². The van der Waals surface area contributed by atoms with Gasteiger partial charge in [-0.15, -0.1) is 0 Å². The van der Waals surface area contributed by atoms with Crippen molar-refractivity contribution < 1.29 is 9.53 Å². The molecule has 0 aromatic carbocycles. The van der Waals surface area contributed by atoms with E-state index in [2.05, 4.69) is 20.3 Å². The number of rotatable bonds is 8. The lowest BCUT2D eigenvalue weighted by Crippen LogP contribution is -2.39. The van der Waals surface area contributed by atoms with Crippen LogP contribution < -0.4 is 15.8 Å². The van der Waals surface area contributed by atoms with E-state index in [9.17, 15) is 9.59 Å². The van der Waals surface area contributed by atoms with Crippen LogP contribution in [0.5, 0.6) is 0 Å². The van der Waals surface area contributed by atoms with Crippen LogP contribution >= 0.6 is 0 Å². The summed E-state index contributed by atoms with van der Waals surface area (Å²) in [6, 6.07) is 5.42. The standard InChI is InChI=1S/C20H27N5O3/c1-28-9-8-25-20(27)11-18(14-23-25)24-7-3-5-16(15-24)10-19(26)22-13-17-4-2-6-21-12-17/h2,4,6,11-12,14,16H,3,5,7-10,13,15H2,1H3,(H,22,26). The molecule has 0 aliphatic carbocycles. The molecule has 1 atom stereocenters. The molecule has 150 valence electrons. The molecule has 8 heteroatoms. The summed E-state index contributed by atoms with van der Waals surface area (Å²) in [7, 11) is 1.60. The van der Waals surface area contributed by atoms with E-state index in [0.29, 0.717) is 26.1 Å². The minimum Gasteiger partial charge on any atom is -0.383 e. The van der Waals surface area contributed by atoms with Crippen LogP contribution in [0, 0.1) is 5.92 Å². The number of aromatic nitrogens is 3. The van der Waals surface area contributed by atoms with Crippen molar-refractivity contribution in [3.63, 3.8) is 0 Å². The normalized spacial score (nSPS) is 16.8. The third kappa shape index (κ3) is 5.63. The second-order valence-corrected chi connectivity index (χ2v) is 7.06.